The molecule has 5 aromatic carbocycles. The summed E-state index contributed by atoms with van der Waals surface area (Å²) in [4.78, 5) is 19.0. The molecule has 342 valence electrons. The van der Waals surface area contributed by atoms with E-state index in [1.807, 2.05) is 42.7 Å². The van der Waals surface area contributed by atoms with Gasteiger partial charge in [-0.15, -0.1) is 0 Å². The zero-order valence-electron chi connectivity index (χ0n) is 37.9. The second-order valence-corrected chi connectivity index (χ2v) is 18.4. The van der Waals surface area contributed by atoms with Gasteiger partial charge in [0.15, 0.2) is 28.8 Å². The molecule has 0 saturated heterocycles. The number of Topliss-reactive ketones (excluding diaryl/α,β-unsaturated/α-hetero) is 1. The molecule has 5 unspecified atom stereocenters. The summed E-state index contributed by atoms with van der Waals surface area (Å²) in [7, 11) is 3.37. The molecule has 8 rings (SSSR count). The van der Waals surface area contributed by atoms with Gasteiger partial charge in [0.05, 0.1) is 30.8 Å². The number of carbonyl (C=O) groups is 1. The number of aryl methyl sites for hydroxylation is 1. The van der Waals surface area contributed by atoms with E-state index >= 15 is 4.79 Å². The molecule has 7 N–H and O–H groups in total. The Morgan fingerprint density at radius 1 is 0.815 bits per heavy atom. The first-order valence-corrected chi connectivity index (χ1v) is 23.4. The quantitative estimate of drug-likeness (QED) is 0.0473. The number of aliphatic hydroxyl groups is 2. The lowest BCUT2D eigenvalue weighted by Gasteiger charge is -2.46. The summed E-state index contributed by atoms with van der Waals surface area (Å²) in [6.07, 6.45) is 9.12. The van der Waals surface area contributed by atoms with Crippen molar-refractivity contribution in [3.05, 3.63) is 148 Å². The topological polar surface area (TPSA) is 164 Å². The van der Waals surface area contributed by atoms with E-state index in [4.69, 9.17) is 9.47 Å². The monoisotopic (exact) mass is 880 g/mol. The van der Waals surface area contributed by atoms with Crippen molar-refractivity contribution < 1.29 is 39.8 Å². The Morgan fingerprint density at radius 2 is 1.60 bits per heavy atom. The fourth-order valence-electron chi connectivity index (χ4n) is 10.9. The summed E-state index contributed by atoms with van der Waals surface area (Å²) in [6.45, 7) is 2.56. The summed E-state index contributed by atoms with van der Waals surface area (Å²) >= 11 is 0. The third-order valence-electron chi connectivity index (χ3n) is 14.3. The van der Waals surface area contributed by atoms with Gasteiger partial charge in [0.1, 0.15) is 5.75 Å². The van der Waals surface area contributed by atoms with Gasteiger partial charge in [0.25, 0.3) is 0 Å². The Labute approximate surface area is 382 Å². The van der Waals surface area contributed by atoms with Crippen molar-refractivity contribution in [1.82, 2.24) is 10.3 Å². The molecule has 0 aliphatic heterocycles. The summed E-state index contributed by atoms with van der Waals surface area (Å²) in [5.41, 5.74) is 5.34. The molecule has 2 saturated carbocycles. The van der Waals surface area contributed by atoms with Gasteiger partial charge in [-0.1, -0.05) is 67.9 Å². The molecule has 1 heterocycles. The highest BCUT2D eigenvalue weighted by Crippen LogP contribution is 2.47. The van der Waals surface area contributed by atoms with Gasteiger partial charge in [0.2, 0.25) is 0 Å². The molecule has 2 aliphatic carbocycles. The molecule has 6 aromatic rings. The van der Waals surface area contributed by atoms with E-state index in [1.165, 1.54) is 5.56 Å². The van der Waals surface area contributed by atoms with Crippen LogP contribution < -0.4 is 14.8 Å². The highest BCUT2D eigenvalue weighted by molar-refractivity contribution is 5.95. The van der Waals surface area contributed by atoms with E-state index in [1.54, 1.807) is 50.6 Å². The minimum atomic E-state index is -1.57. The van der Waals surface area contributed by atoms with Crippen LogP contribution in [-0.4, -0.2) is 68.8 Å². The van der Waals surface area contributed by atoms with Gasteiger partial charge in [-0.3, -0.25) is 4.79 Å². The van der Waals surface area contributed by atoms with Crippen LogP contribution in [0.25, 0.3) is 10.8 Å². The maximum atomic E-state index is 15.8. The average Bonchev–Trinajstić information content (AvgIpc) is 3.83. The number of ether oxygens (including phenoxy) is 2. The number of hydrogen-bond acceptors (Lipinski definition) is 9. The number of phenols is 3. The largest absolute Gasteiger partial charge is 0.508 e. The number of aliphatic hydroxyl groups excluding tert-OH is 2. The highest BCUT2D eigenvalue weighted by Gasteiger charge is 2.54. The first-order chi connectivity index (χ1) is 31.5. The summed E-state index contributed by atoms with van der Waals surface area (Å²) < 4.78 is 12.3. The number of carbonyl (C=O) groups excluding carboxylic acids is 1. The Bertz CT molecular complexity index is 2580. The summed E-state index contributed by atoms with van der Waals surface area (Å²) in [5, 5.41) is 64.0. The van der Waals surface area contributed by atoms with Crippen LogP contribution in [0.3, 0.4) is 0 Å². The number of aromatic amines is 1. The minimum Gasteiger partial charge on any atom is -0.508 e. The number of methoxy groups -OCH3 is 1. The molecule has 0 spiro atoms. The summed E-state index contributed by atoms with van der Waals surface area (Å²) in [5.74, 6) is -0.949. The van der Waals surface area contributed by atoms with E-state index in [-0.39, 0.29) is 48.4 Å². The van der Waals surface area contributed by atoms with E-state index < -0.39 is 29.5 Å². The van der Waals surface area contributed by atoms with Gasteiger partial charge < -0.3 is 45.3 Å². The molecule has 65 heavy (non-hydrogen) atoms. The fourth-order valence-corrected chi connectivity index (χ4v) is 10.9. The lowest BCUT2D eigenvalue weighted by atomic mass is 9.58. The van der Waals surface area contributed by atoms with Gasteiger partial charge in [0, 0.05) is 36.8 Å². The predicted octanol–water partition coefficient (Wildman–Crippen LogP) is 9.16. The predicted molar refractivity (Wildman–Crippen MR) is 254 cm³/mol. The van der Waals surface area contributed by atoms with Crippen LogP contribution in [0.2, 0.25) is 0 Å². The Balaban J connectivity index is 1.20. The SMILES string of the molecule is CCc1ccc2ccccc2c1Cc1c(CC(Cc2cc[nH]c2)C(O)C2CCC(O)C(Cc3ccc(O)c(OC4CCCCC4)c3)(c3cc(O)cc(CNC)c3)C2=O)ccc(O)c1OC. The van der Waals surface area contributed by atoms with Crippen LogP contribution in [-0.2, 0) is 48.9 Å². The first kappa shape index (κ1) is 45.7. The van der Waals surface area contributed by atoms with Crippen LogP contribution >= 0.6 is 0 Å². The van der Waals surface area contributed by atoms with Crippen LogP contribution in [0.5, 0.6) is 28.7 Å². The van der Waals surface area contributed by atoms with Crippen molar-refractivity contribution in [3.63, 3.8) is 0 Å². The molecule has 0 bridgehead atoms. The minimum absolute atomic E-state index is 0.00931. The first-order valence-electron chi connectivity index (χ1n) is 23.4. The molecule has 0 amide bonds. The van der Waals surface area contributed by atoms with Crippen molar-refractivity contribution in [1.29, 1.82) is 0 Å². The Morgan fingerprint density at radius 3 is 2.35 bits per heavy atom. The molecule has 2 aliphatic rings. The Kier molecular flexibility index (Phi) is 14.2. The number of nitrogens with one attached hydrogen (secondary N) is 2. The van der Waals surface area contributed by atoms with E-state index in [9.17, 15) is 25.5 Å². The number of hydrogen-bond donors (Lipinski definition) is 7. The lowest BCUT2D eigenvalue weighted by molar-refractivity contribution is -0.144. The highest BCUT2D eigenvalue weighted by atomic mass is 16.5. The number of phenolic OH excluding ortho intramolecular Hbond substituents is 3. The number of ketones is 1. The maximum absolute atomic E-state index is 15.8. The normalized spacial score (nSPS) is 20.2. The molecule has 2 fully saturated rings. The zero-order valence-corrected chi connectivity index (χ0v) is 37.9. The number of aromatic hydroxyl groups is 3. The van der Waals surface area contributed by atoms with Crippen molar-refractivity contribution in [2.75, 3.05) is 14.2 Å². The molecule has 5 atom stereocenters. The standard InChI is InChI=1S/C55H64N2O8/c1-4-37-15-16-38-10-8-9-13-44(38)46(37)30-47-39(17-20-49(60)53(47)64-3)28-40(24-35-22-23-57-33-35)52(62)45-18-21-51(61)55(54(45)63,41-25-36(32-56-2)26-42(58)29-41)31-34-14-19-48(59)50(27-34)65-43-11-6-5-7-12-43/h8-10,13-17,19-20,22-23,25-27,29,33,40,43,45,51-52,56-62H,4-7,11-12,18,21,24,28,30-32H2,1-3H3. The van der Waals surface area contributed by atoms with Gasteiger partial charge in [-0.25, -0.2) is 0 Å². The Hall–Kier alpha value is -5.81. The van der Waals surface area contributed by atoms with Gasteiger partial charge >= 0.3 is 0 Å². The number of aromatic nitrogens is 1. The van der Waals surface area contributed by atoms with Gasteiger partial charge in [-0.2, -0.15) is 0 Å². The second kappa shape index (κ2) is 20.1. The van der Waals surface area contributed by atoms with Crippen LogP contribution in [0.1, 0.15) is 96.4 Å². The molecule has 10 heteroatoms. The third kappa shape index (κ3) is 9.62. The van der Waals surface area contributed by atoms with Crippen molar-refractivity contribution in [3.8, 4) is 28.7 Å². The van der Waals surface area contributed by atoms with E-state index in [2.05, 4.69) is 41.5 Å². The molecule has 1 aromatic heterocycles. The van der Waals surface area contributed by atoms with Gasteiger partial charge in [-0.05, 0) is 163 Å². The van der Waals surface area contributed by atoms with Crippen LogP contribution in [0.4, 0.5) is 0 Å². The number of H-pyrrole nitrogens is 1. The molecular formula is C55H64N2O8. The number of rotatable bonds is 17. The smallest absolute Gasteiger partial charge is 0.164 e. The average molecular weight is 881 g/mol. The number of fused-ring (bicyclic) bond motifs is 1. The lowest BCUT2D eigenvalue weighted by Crippen LogP contribution is -2.57. The van der Waals surface area contributed by atoms with Crippen molar-refractivity contribution in [2.45, 2.75) is 114 Å². The van der Waals surface area contributed by atoms with E-state index in [0.717, 1.165) is 77.1 Å². The maximum Gasteiger partial charge on any atom is 0.164 e. The van der Waals surface area contributed by atoms with E-state index in [0.29, 0.717) is 48.4 Å². The van der Waals surface area contributed by atoms with Crippen LogP contribution in [0.15, 0.2) is 103 Å². The fraction of sp³-hybridized carbons (Fsp3) is 0.400. The second-order valence-electron chi connectivity index (χ2n) is 18.4. The summed E-state index contributed by atoms with van der Waals surface area (Å²) in [6, 6.07) is 28.3. The zero-order chi connectivity index (χ0) is 45.7. The third-order valence-corrected chi connectivity index (χ3v) is 14.3. The molecular weight excluding hydrogens is 817 g/mol. The molecule has 10 nitrogen and oxygen atoms in total. The van der Waals surface area contributed by atoms with Crippen molar-refractivity contribution >= 4 is 16.6 Å². The number of benzene rings is 5. The van der Waals surface area contributed by atoms with Crippen molar-refractivity contribution in [2.24, 2.45) is 11.8 Å². The van der Waals surface area contributed by atoms with Crippen LogP contribution in [0, 0.1) is 11.8 Å². The molecule has 0 radical (unpaired) electrons.